The van der Waals surface area contributed by atoms with Crippen molar-refractivity contribution >= 4 is 65.3 Å². The van der Waals surface area contributed by atoms with Crippen molar-refractivity contribution in [2.45, 2.75) is 39.5 Å². The Labute approximate surface area is 371 Å². The maximum atomic E-state index is 6.39. The molecule has 12 aromatic rings. The number of rotatable bonds is 4. The van der Waals surface area contributed by atoms with E-state index in [1.54, 1.807) is 0 Å². The van der Waals surface area contributed by atoms with E-state index in [-0.39, 0.29) is 5.41 Å². The number of nitrogens with zero attached hydrogens (tertiary/aromatic N) is 4. The van der Waals surface area contributed by atoms with Crippen LogP contribution in [0.2, 0.25) is 0 Å². The molecule has 5 heteroatoms. The van der Waals surface area contributed by atoms with Crippen molar-refractivity contribution in [2.24, 2.45) is 0 Å². The summed E-state index contributed by atoms with van der Waals surface area (Å²) in [5.41, 5.74) is 12.9. The standard InChI is InChI=1S/C56H36N4O.C3H8/c1-56(2)46-20-9-7-16-41(46)45-31-36(25-28-47(45)56)40-18-11-19-44-51-39-15-6-5-13-34(39)26-29-48(51)60(52(40)44)55-58-53(37-23-22-33-12-3-4-14-35(33)30-37)57-54(59-55)38-24-27-43-42-17-8-10-21-49(42)61-50(43)32-38;1-3-2/h3-32H,1-2H3;3H2,1-2H3. The predicted octanol–water partition coefficient (Wildman–Crippen LogP) is 15.9. The van der Waals surface area contributed by atoms with Gasteiger partial charge in [-0.1, -0.05) is 180 Å². The number of fused-ring (bicyclic) bond motifs is 12. The second-order valence-corrected chi connectivity index (χ2v) is 17.5. The Hall–Kier alpha value is -7.89. The van der Waals surface area contributed by atoms with E-state index < -0.39 is 0 Å². The van der Waals surface area contributed by atoms with Crippen molar-refractivity contribution in [2.75, 3.05) is 0 Å². The third kappa shape index (κ3) is 5.81. The summed E-state index contributed by atoms with van der Waals surface area (Å²) < 4.78 is 8.66. The van der Waals surface area contributed by atoms with Crippen LogP contribution in [-0.4, -0.2) is 19.5 Å². The molecule has 0 atom stereocenters. The summed E-state index contributed by atoms with van der Waals surface area (Å²) in [6.45, 7) is 8.91. The SMILES string of the molecule is CC1(C)c2ccccc2-c2cc(-c3cccc4c5c6ccccc6ccc5n(-c5nc(-c6ccc7ccccc7c6)nc(-c6ccc7c(c6)oc6ccccc67)n5)c34)ccc21.CCC. The third-order valence-electron chi connectivity index (χ3n) is 13.0. The van der Waals surface area contributed by atoms with Crippen molar-refractivity contribution < 1.29 is 4.42 Å². The van der Waals surface area contributed by atoms with Crippen LogP contribution in [0.3, 0.4) is 0 Å². The molecule has 0 aliphatic heterocycles. The quantitative estimate of drug-likeness (QED) is 0.177. The zero-order valence-electron chi connectivity index (χ0n) is 36.2. The van der Waals surface area contributed by atoms with Crippen LogP contribution < -0.4 is 0 Å². The maximum absolute atomic E-state index is 6.39. The first kappa shape index (κ1) is 37.8. The molecule has 5 nitrogen and oxygen atoms in total. The normalized spacial score (nSPS) is 12.9. The third-order valence-corrected chi connectivity index (χ3v) is 13.0. The van der Waals surface area contributed by atoms with Gasteiger partial charge in [0.25, 0.3) is 0 Å². The van der Waals surface area contributed by atoms with E-state index in [0.29, 0.717) is 17.6 Å². The van der Waals surface area contributed by atoms with Gasteiger partial charge >= 0.3 is 0 Å². The van der Waals surface area contributed by atoms with Gasteiger partial charge in [0.05, 0.1) is 11.0 Å². The Balaban J connectivity index is 0.00000141. The molecule has 1 aliphatic carbocycles. The fourth-order valence-corrected chi connectivity index (χ4v) is 10.1. The maximum Gasteiger partial charge on any atom is 0.238 e. The Morgan fingerprint density at radius 3 is 1.91 bits per heavy atom. The fraction of sp³-hybridized carbons (Fsp3) is 0.102. The topological polar surface area (TPSA) is 56.7 Å². The van der Waals surface area contributed by atoms with E-state index in [4.69, 9.17) is 19.4 Å². The van der Waals surface area contributed by atoms with E-state index in [1.165, 1.54) is 44.8 Å². The lowest BCUT2D eigenvalue weighted by atomic mass is 9.82. The zero-order valence-corrected chi connectivity index (χ0v) is 36.2. The molecule has 0 amide bonds. The highest BCUT2D eigenvalue weighted by Gasteiger charge is 2.35. The lowest BCUT2D eigenvalue weighted by molar-refractivity contribution is 0.660. The second-order valence-electron chi connectivity index (χ2n) is 17.5. The van der Waals surface area contributed by atoms with Crippen LogP contribution in [-0.2, 0) is 5.41 Å². The summed E-state index contributed by atoms with van der Waals surface area (Å²) in [5, 5.41) is 9.11. The highest BCUT2D eigenvalue weighted by Crippen LogP contribution is 2.50. The van der Waals surface area contributed by atoms with Gasteiger partial charge in [-0.05, 0) is 85.8 Å². The minimum atomic E-state index is -0.0872. The molecule has 64 heavy (non-hydrogen) atoms. The summed E-state index contributed by atoms with van der Waals surface area (Å²) in [7, 11) is 0. The molecule has 9 aromatic carbocycles. The van der Waals surface area contributed by atoms with E-state index >= 15 is 0 Å². The van der Waals surface area contributed by atoms with Crippen molar-refractivity contribution in [1.29, 1.82) is 0 Å². The van der Waals surface area contributed by atoms with Gasteiger partial charge < -0.3 is 4.42 Å². The fourth-order valence-electron chi connectivity index (χ4n) is 10.1. The lowest BCUT2D eigenvalue weighted by Crippen LogP contribution is -2.14. The highest BCUT2D eigenvalue weighted by atomic mass is 16.3. The molecule has 306 valence electrons. The van der Waals surface area contributed by atoms with Crippen LogP contribution >= 0.6 is 0 Å². The van der Waals surface area contributed by atoms with Gasteiger partial charge in [0.2, 0.25) is 5.95 Å². The average molecular weight is 825 g/mol. The van der Waals surface area contributed by atoms with Crippen LogP contribution in [0.25, 0.3) is 116 Å². The monoisotopic (exact) mass is 824 g/mol. The molecule has 0 saturated heterocycles. The van der Waals surface area contributed by atoms with E-state index in [9.17, 15) is 0 Å². The molecule has 3 heterocycles. The van der Waals surface area contributed by atoms with E-state index in [2.05, 4.69) is 196 Å². The Kier molecular flexibility index (Phi) is 8.63. The van der Waals surface area contributed by atoms with Crippen molar-refractivity contribution in [3.8, 4) is 51.0 Å². The van der Waals surface area contributed by atoms with Crippen LogP contribution in [0.4, 0.5) is 0 Å². The highest BCUT2D eigenvalue weighted by molar-refractivity contribution is 6.23. The van der Waals surface area contributed by atoms with Gasteiger partial charge in [-0.2, -0.15) is 9.97 Å². The molecule has 0 saturated carbocycles. The number of furan rings is 1. The zero-order chi connectivity index (χ0) is 43.1. The molecular weight excluding hydrogens is 781 g/mol. The van der Waals surface area contributed by atoms with Gasteiger partial charge in [-0.15, -0.1) is 0 Å². The number of aromatic nitrogens is 4. The Bertz CT molecular complexity index is 3830. The molecule has 0 fully saturated rings. The Morgan fingerprint density at radius 1 is 0.453 bits per heavy atom. The first-order chi connectivity index (χ1) is 31.4. The number of hydrogen-bond acceptors (Lipinski definition) is 4. The number of benzene rings is 9. The summed E-state index contributed by atoms with van der Waals surface area (Å²) >= 11 is 0. The van der Waals surface area contributed by atoms with Crippen LogP contribution in [0, 0.1) is 0 Å². The minimum absolute atomic E-state index is 0.0872. The average Bonchev–Trinajstić information content (AvgIpc) is 3.96. The van der Waals surface area contributed by atoms with Gasteiger partial charge in [0.1, 0.15) is 11.2 Å². The molecule has 0 radical (unpaired) electrons. The molecule has 0 N–H and O–H groups in total. The second kappa shape index (κ2) is 14.6. The summed E-state index contributed by atoms with van der Waals surface area (Å²) in [6.07, 6.45) is 1.25. The van der Waals surface area contributed by atoms with Gasteiger partial charge in [0.15, 0.2) is 11.6 Å². The predicted molar refractivity (Wildman–Crippen MR) is 266 cm³/mol. The molecule has 1 aliphatic rings. The first-order valence-corrected chi connectivity index (χ1v) is 22.3. The van der Waals surface area contributed by atoms with Crippen LogP contribution in [0.1, 0.15) is 45.2 Å². The number of hydrogen-bond donors (Lipinski definition) is 0. The van der Waals surface area contributed by atoms with Gasteiger partial charge in [0, 0.05) is 43.7 Å². The van der Waals surface area contributed by atoms with E-state index in [1.807, 2.05) is 18.2 Å². The smallest absolute Gasteiger partial charge is 0.238 e. The van der Waals surface area contributed by atoms with E-state index in [0.717, 1.165) is 71.4 Å². The first-order valence-electron chi connectivity index (χ1n) is 22.3. The molecule has 0 spiro atoms. The number of para-hydroxylation sites is 2. The van der Waals surface area contributed by atoms with Crippen molar-refractivity contribution in [3.63, 3.8) is 0 Å². The lowest BCUT2D eigenvalue weighted by Gasteiger charge is -2.21. The molecule has 0 unspecified atom stereocenters. The van der Waals surface area contributed by atoms with Crippen LogP contribution in [0.15, 0.2) is 186 Å². The van der Waals surface area contributed by atoms with Crippen molar-refractivity contribution in [1.82, 2.24) is 19.5 Å². The van der Waals surface area contributed by atoms with Gasteiger partial charge in [-0.3, -0.25) is 4.57 Å². The molecular formula is C59H44N4O. The van der Waals surface area contributed by atoms with Gasteiger partial charge in [-0.25, -0.2) is 4.98 Å². The van der Waals surface area contributed by atoms with Crippen LogP contribution in [0.5, 0.6) is 0 Å². The molecule has 0 bridgehead atoms. The largest absolute Gasteiger partial charge is 0.456 e. The summed E-state index contributed by atoms with van der Waals surface area (Å²) in [5.74, 6) is 1.72. The molecule has 13 rings (SSSR count). The Morgan fingerprint density at radius 2 is 1.06 bits per heavy atom. The summed E-state index contributed by atoms with van der Waals surface area (Å²) in [6, 6.07) is 64.9. The molecule has 3 aromatic heterocycles. The summed E-state index contributed by atoms with van der Waals surface area (Å²) in [4.78, 5) is 16.1. The minimum Gasteiger partial charge on any atom is -0.456 e. The van der Waals surface area contributed by atoms with Crippen molar-refractivity contribution in [3.05, 3.63) is 193 Å².